The number of allylic oxidation sites excluding steroid dienone is 2. The van der Waals surface area contributed by atoms with Crippen LogP contribution in [0.1, 0.15) is 119 Å². The van der Waals surface area contributed by atoms with E-state index in [-0.39, 0.29) is 45.4 Å². The van der Waals surface area contributed by atoms with Crippen molar-refractivity contribution < 1.29 is 20.1 Å². The Labute approximate surface area is 256 Å². The zero-order chi connectivity index (χ0) is 29.6. The molecule has 4 aliphatic carbocycles. The van der Waals surface area contributed by atoms with E-state index in [1.807, 2.05) is 11.8 Å². The minimum Gasteiger partial charge on any atom is -0.478 e. The molecule has 0 aromatic rings. The number of fused-ring (bicyclic) bond motifs is 5. The molecule has 10 atom stereocenters. The van der Waals surface area contributed by atoms with E-state index in [2.05, 4.69) is 64.4 Å². The molecule has 2 unspecified atom stereocenters. The number of carboxylic acids is 1. The van der Waals surface area contributed by atoms with Crippen LogP contribution in [0.2, 0.25) is 0 Å². The van der Waals surface area contributed by atoms with Crippen molar-refractivity contribution in [1.82, 2.24) is 0 Å². The molecule has 0 aromatic carbocycles. The topological polar surface area (TPSA) is 77.8 Å². The third-order valence-corrected chi connectivity index (χ3v) is 15.1. The molecule has 0 saturated heterocycles. The molecule has 0 amide bonds. The molecule has 40 heavy (non-hydrogen) atoms. The van der Waals surface area contributed by atoms with Gasteiger partial charge in [-0.25, -0.2) is 4.79 Å². The number of thioether (sulfide) groups is 1. The van der Waals surface area contributed by atoms with Crippen molar-refractivity contribution >= 4 is 33.7 Å². The lowest BCUT2D eigenvalue weighted by molar-refractivity contribution is -0.233. The molecular weight excluding hydrogens is 584 g/mol. The first-order chi connectivity index (χ1) is 18.7. The van der Waals surface area contributed by atoms with Gasteiger partial charge in [0.1, 0.15) is 0 Å². The normalized spacial score (nSPS) is 43.9. The molecule has 4 saturated carbocycles. The molecular formula is C34H55BrO4S. The van der Waals surface area contributed by atoms with Crippen LogP contribution >= 0.6 is 27.7 Å². The Kier molecular flexibility index (Phi) is 10.1. The van der Waals surface area contributed by atoms with Gasteiger partial charge in [-0.15, -0.1) is 0 Å². The molecule has 4 rings (SSSR count). The summed E-state index contributed by atoms with van der Waals surface area (Å²) >= 11 is 5.68. The Balaban J connectivity index is 1.78. The predicted octanol–water partition coefficient (Wildman–Crippen LogP) is 8.75. The fourth-order valence-electron chi connectivity index (χ4n) is 10.2. The average molecular weight is 640 g/mol. The summed E-state index contributed by atoms with van der Waals surface area (Å²) in [6.45, 7) is 15.9. The highest BCUT2D eigenvalue weighted by atomic mass is 79.9. The van der Waals surface area contributed by atoms with Crippen molar-refractivity contribution in [1.29, 1.82) is 0 Å². The van der Waals surface area contributed by atoms with E-state index in [1.165, 1.54) is 24.8 Å². The Morgan fingerprint density at radius 3 is 2.35 bits per heavy atom. The van der Waals surface area contributed by atoms with Gasteiger partial charge < -0.3 is 15.3 Å². The van der Waals surface area contributed by atoms with Crippen LogP contribution in [0.25, 0.3) is 0 Å². The summed E-state index contributed by atoms with van der Waals surface area (Å²) in [6, 6.07) is 0. The lowest BCUT2D eigenvalue weighted by Crippen LogP contribution is -2.65. The second-order valence-electron chi connectivity index (χ2n) is 14.7. The van der Waals surface area contributed by atoms with Crippen molar-refractivity contribution in [3.8, 4) is 0 Å². The van der Waals surface area contributed by atoms with Crippen molar-refractivity contribution in [3.05, 3.63) is 21.2 Å². The Hall–Kier alpha value is -0.300. The zero-order valence-corrected chi connectivity index (χ0v) is 28.5. The van der Waals surface area contributed by atoms with Crippen LogP contribution in [0.4, 0.5) is 0 Å². The maximum absolute atomic E-state index is 12.9. The fraction of sp³-hybridized carbons (Fsp3) is 0.853. The van der Waals surface area contributed by atoms with Gasteiger partial charge in [-0.2, -0.15) is 11.8 Å². The number of unbranched alkanes of at least 4 members (excludes halogenated alkanes) is 2. The van der Waals surface area contributed by atoms with Gasteiger partial charge in [-0.3, -0.25) is 0 Å². The molecule has 4 aliphatic rings. The third kappa shape index (κ3) is 5.43. The van der Waals surface area contributed by atoms with Crippen LogP contribution in [0.15, 0.2) is 21.2 Å². The van der Waals surface area contributed by atoms with E-state index >= 15 is 0 Å². The van der Waals surface area contributed by atoms with Crippen LogP contribution < -0.4 is 0 Å². The minimum atomic E-state index is -0.778. The second-order valence-corrected chi connectivity index (χ2v) is 17.0. The quantitative estimate of drug-likeness (QED) is 0.174. The van der Waals surface area contributed by atoms with E-state index in [9.17, 15) is 20.1 Å². The van der Waals surface area contributed by atoms with Crippen molar-refractivity contribution in [3.63, 3.8) is 0 Å². The lowest BCUT2D eigenvalue weighted by atomic mass is 9.36. The fourth-order valence-corrected chi connectivity index (χ4v) is 12.0. The molecule has 0 aliphatic heterocycles. The molecule has 0 bridgehead atoms. The summed E-state index contributed by atoms with van der Waals surface area (Å²) in [5.74, 6) is 1.24. The molecule has 0 radical (unpaired) electrons. The molecule has 0 heterocycles. The van der Waals surface area contributed by atoms with E-state index in [4.69, 9.17) is 0 Å². The van der Waals surface area contributed by atoms with E-state index in [0.29, 0.717) is 30.8 Å². The third-order valence-electron chi connectivity index (χ3n) is 12.5. The maximum Gasteiger partial charge on any atom is 0.331 e. The highest BCUT2D eigenvalue weighted by Gasteiger charge is 2.70. The molecule has 4 nitrogen and oxygen atoms in total. The lowest BCUT2D eigenvalue weighted by Gasteiger charge is -2.69. The maximum atomic E-state index is 12.9. The first-order valence-corrected chi connectivity index (χ1v) is 17.8. The first-order valence-electron chi connectivity index (χ1n) is 16.0. The highest BCUT2D eigenvalue weighted by molar-refractivity contribution is 9.11. The molecule has 3 N–H and O–H groups in total. The standard InChI is InChI=1S/C34H55BrO4S/c1-8-9-10-17-40-28-19-34(7)24(29(28)22(31(38)39)11-12-25(35)20(2)3)18-27(37)30-32(5)15-14-26(36)21(4)23(32)13-16-33(30,34)6/h21,23-24,26-28,30,36-37H,8-19H2,1-7H3,(H,38,39)/b29-22-/t21-,23?,24?,26+,27+,28-,30-,32-,33-,34-/m0/s1. The summed E-state index contributed by atoms with van der Waals surface area (Å²) in [7, 11) is 0. The van der Waals surface area contributed by atoms with Gasteiger partial charge in [0.15, 0.2) is 0 Å². The zero-order valence-electron chi connectivity index (χ0n) is 26.1. The van der Waals surface area contributed by atoms with Gasteiger partial charge >= 0.3 is 5.97 Å². The Bertz CT molecular complexity index is 1020. The van der Waals surface area contributed by atoms with Crippen LogP contribution in [0, 0.1) is 39.9 Å². The monoisotopic (exact) mass is 638 g/mol. The molecule has 228 valence electrons. The summed E-state index contributed by atoms with van der Waals surface area (Å²) in [5, 5.41) is 33.7. The number of halogens is 1. The van der Waals surface area contributed by atoms with Crippen LogP contribution in [0.3, 0.4) is 0 Å². The van der Waals surface area contributed by atoms with Gasteiger partial charge in [0.05, 0.1) is 12.2 Å². The van der Waals surface area contributed by atoms with Gasteiger partial charge in [-0.05, 0) is 127 Å². The van der Waals surface area contributed by atoms with E-state index in [0.717, 1.165) is 47.9 Å². The Morgan fingerprint density at radius 2 is 1.73 bits per heavy atom. The number of aliphatic hydroxyl groups excluding tert-OH is 2. The van der Waals surface area contributed by atoms with Gasteiger partial charge in [0.25, 0.3) is 0 Å². The number of rotatable bonds is 9. The minimum absolute atomic E-state index is 0.000778. The van der Waals surface area contributed by atoms with Crippen LogP contribution in [-0.4, -0.2) is 44.5 Å². The molecule has 4 fully saturated rings. The van der Waals surface area contributed by atoms with Gasteiger partial charge in [0.2, 0.25) is 0 Å². The Morgan fingerprint density at radius 1 is 1.02 bits per heavy atom. The summed E-state index contributed by atoms with van der Waals surface area (Å²) in [6.07, 6.45) is 9.69. The number of carbonyl (C=O) groups is 1. The first kappa shape index (κ1) is 32.6. The average Bonchev–Trinajstić information content (AvgIpc) is 3.16. The molecule has 6 heteroatoms. The van der Waals surface area contributed by atoms with Gasteiger partial charge in [0, 0.05) is 10.8 Å². The number of hydrogen-bond donors (Lipinski definition) is 3. The summed E-state index contributed by atoms with van der Waals surface area (Å²) in [4.78, 5) is 12.9. The second kappa shape index (κ2) is 12.4. The molecule has 0 aromatic heterocycles. The summed E-state index contributed by atoms with van der Waals surface area (Å²) in [5.41, 5.74) is 2.80. The predicted molar refractivity (Wildman–Crippen MR) is 171 cm³/mol. The van der Waals surface area contributed by atoms with Crippen molar-refractivity contribution in [2.45, 2.75) is 137 Å². The smallest absolute Gasteiger partial charge is 0.331 e. The summed E-state index contributed by atoms with van der Waals surface area (Å²) < 4.78 is 1.09. The van der Waals surface area contributed by atoms with Gasteiger partial charge in [-0.1, -0.05) is 69.0 Å². The largest absolute Gasteiger partial charge is 0.478 e. The number of aliphatic carboxylic acids is 1. The SMILES string of the molecule is CCCCCS[C@H]1C[C@@]2(C)C(C[C@@H](O)[C@H]3[C@@]4(C)CC[C@@H](O)[C@@H](C)C4CC[C@@]32C)/C1=C(\CCC(Br)=C(C)C)C(=O)O. The highest BCUT2D eigenvalue weighted by Crippen LogP contribution is 2.75. The van der Waals surface area contributed by atoms with Crippen molar-refractivity contribution in [2.75, 3.05) is 5.75 Å². The van der Waals surface area contributed by atoms with E-state index < -0.39 is 12.1 Å². The number of aliphatic hydroxyl groups is 2. The number of hydrogen-bond acceptors (Lipinski definition) is 4. The van der Waals surface area contributed by atoms with Crippen LogP contribution in [-0.2, 0) is 4.79 Å². The van der Waals surface area contributed by atoms with E-state index in [1.54, 1.807) is 0 Å². The van der Waals surface area contributed by atoms with Crippen molar-refractivity contribution in [2.24, 2.45) is 39.9 Å². The number of carboxylic acid groups (broad SMARTS) is 1. The molecule has 0 spiro atoms. The van der Waals surface area contributed by atoms with Crippen LogP contribution in [0.5, 0.6) is 0 Å².